The predicted octanol–water partition coefficient (Wildman–Crippen LogP) is 1.85. The number of Topliss-reactive ketones (excluding diaryl/α,β-unsaturated/α-hetero) is 1. The van der Waals surface area contributed by atoms with Gasteiger partial charge in [0.05, 0.1) is 0 Å². The number of ketones is 1. The Hall–Kier alpha value is -1.97. The molecule has 0 amide bonds. The summed E-state index contributed by atoms with van der Waals surface area (Å²) in [4.78, 5) is 26.5. The first-order valence-corrected chi connectivity index (χ1v) is 4.85. The number of nitrogens with zero attached hydrogens (tertiary/aromatic N) is 1. The SMILES string of the molecule is CC(=O)O/N=C(/C(C)=O)c1ccccc1C. The van der Waals surface area contributed by atoms with E-state index in [0.717, 1.165) is 5.56 Å². The van der Waals surface area contributed by atoms with E-state index in [1.807, 2.05) is 19.1 Å². The van der Waals surface area contributed by atoms with E-state index >= 15 is 0 Å². The summed E-state index contributed by atoms with van der Waals surface area (Å²) in [7, 11) is 0. The molecule has 0 aliphatic rings. The summed E-state index contributed by atoms with van der Waals surface area (Å²) in [6.45, 7) is 4.48. The molecule has 0 unspecified atom stereocenters. The second-order valence-electron chi connectivity index (χ2n) is 3.39. The van der Waals surface area contributed by atoms with Gasteiger partial charge in [-0.2, -0.15) is 0 Å². The van der Waals surface area contributed by atoms with E-state index in [-0.39, 0.29) is 11.5 Å². The van der Waals surface area contributed by atoms with E-state index in [9.17, 15) is 9.59 Å². The lowest BCUT2D eigenvalue weighted by Gasteiger charge is -2.05. The summed E-state index contributed by atoms with van der Waals surface area (Å²) in [6.07, 6.45) is 0. The molecule has 0 aromatic heterocycles. The largest absolute Gasteiger partial charge is 0.332 e. The molecule has 4 nitrogen and oxygen atoms in total. The highest BCUT2D eigenvalue weighted by atomic mass is 16.7. The van der Waals surface area contributed by atoms with Crippen molar-refractivity contribution >= 4 is 17.5 Å². The Balaban J connectivity index is 3.13. The van der Waals surface area contributed by atoms with E-state index in [1.54, 1.807) is 12.1 Å². The molecule has 0 spiro atoms. The maximum atomic E-state index is 11.4. The lowest BCUT2D eigenvalue weighted by atomic mass is 10.0. The topological polar surface area (TPSA) is 55.7 Å². The van der Waals surface area contributed by atoms with Crippen molar-refractivity contribution < 1.29 is 14.4 Å². The molecule has 16 heavy (non-hydrogen) atoms. The Morgan fingerprint density at radius 3 is 2.31 bits per heavy atom. The summed E-state index contributed by atoms with van der Waals surface area (Å²) in [6, 6.07) is 7.29. The summed E-state index contributed by atoms with van der Waals surface area (Å²) < 4.78 is 0. The van der Waals surface area contributed by atoms with Crippen LogP contribution in [-0.2, 0) is 14.4 Å². The van der Waals surface area contributed by atoms with E-state index in [2.05, 4.69) is 9.99 Å². The molecule has 0 radical (unpaired) electrons. The van der Waals surface area contributed by atoms with Crippen LogP contribution >= 0.6 is 0 Å². The van der Waals surface area contributed by atoms with Crippen molar-refractivity contribution in [3.63, 3.8) is 0 Å². The number of oxime groups is 1. The smallest absolute Gasteiger partial charge is 0.318 e. The third-order valence-corrected chi connectivity index (χ3v) is 2.00. The monoisotopic (exact) mass is 219 g/mol. The normalized spacial score (nSPS) is 11.1. The molecule has 84 valence electrons. The minimum Gasteiger partial charge on any atom is -0.318 e. The van der Waals surface area contributed by atoms with Gasteiger partial charge < -0.3 is 4.84 Å². The van der Waals surface area contributed by atoms with Crippen LogP contribution in [0.1, 0.15) is 25.0 Å². The van der Waals surface area contributed by atoms with Gasteiger partial charge in [-0.05, 0) is 12.5 Å². The van der Waals surface area contributed by atoms with Crippen molar-refractivity contribution in [2.45, 2.75) is 20.8 Å². The van der Waals surface area contributed by atoms with Gasteiger partial charge in [0.25, 0.3) is 0 Å². The van der Waals surface area contributed by atoms with Crippen molar-refractivity contribution in [2.75, 3.05) is 0 Å². The van der Waals surface area contributed by atoms with E-state index < -0.39 is 5.97 Å². The third kappa shape index (κ3) is 3.02. The summed E-state index contributed by atoms with van der Waals surface area (Å²) in [5.74, 6) is -0.789. The van der Waals surface area contributed by atoms with Crippen LogP contribution in [0.25, 0.3) is 0 Å². The second-order valence-corrected chi connectivity index (χ2v) is 3.39. The number of benzene rings is 1. The minimum atomic E-state index is -0.549. The van der Waals surface area contributed by atoms with Crippen molar-refractivity contribution in [2.24, 2.45) is 5.16 Å². The van der Waals surface area contributed by atoms with Crippen LogP contribution in [0.15, 0.2) is 29.4 Å². The number of rotatable bonds is 3. The number of hydrogen-bond donors (Lipinski definition) is 0. The average Bonchev–Trinajstić information content (AvgIpc) is 2.20. The Morgan fingerprint density at radius 2 is 1.81 bits per heavy atom. The highest BCUT2D eigenvalue weighted by Gasteiger charge is 2.12. The van der Waals surface area contributed by atoms with Gasteiger partial charge in [-0.15, -0.1) is 0 Å². The molecule has 0 saturated heterocycles. The summed E-state index contributed by atoms with van der Waals surface area (Å²) in [5.41, 5.74) is 1.74. The highest BCUT2D eigenvalue weighted by molar-refractivity contribution is 6.45. The van der Waals surface area contributed by atoms with Crippen LogP contribution in [0, 0.1) is 6.92 Å². The third-order valence-electron chi connectivity index (χ3n) is 2.00. The Bertz CT molecular complexity index is 449. The van der Waals surface area contributed by atoms with Gasteiger partial charge in [-0.1, -0.05) is 29.4 Å². The van der Waals surface area contributed by atoms with Crippen molar-refractivity contribution in [1.82, 2.24) is 0 Å². The Kier molecular flexibility index (Phi) is 3.94. The number of carbonyl (C=O) groups excluding carboxylic acids is 2. The van der Waals surface area contributed by atoms with Gasteiger partial charge in [0.2, 0.25) is 0 Å². The fourth-order valence-electron chi connectivity index (χ4n) is 1.25. The number of aryl methyl sites for hydroxylation is 1. The number of carbonyl (C=O) groups is 2. The molecule has 4 heteroatoms. The van der Waals surface area contributed by atoms with E-state index in [0.29, 0.717) is 5.56 Å². The molecule has 0 aliphatic carbocycles. The van der Waals surface area contributed by atoms with Gasteiger partial charge in [0.15, 0.2) is 11.5 Å². The second kappa shape index (κ2) is 5.21. The first-order valence-electron chi connectivity index (χ1n) is 4.85. The lowest BCUT2D eigenvalue weighted by molar-refractivity contribution is -0.140. The van der Waals surface area contributed by atoms with Crippen LogP contribution in [0.3, 0.4) is 0 Å². The van der Waals surface area contributed by atoms with Crippen molar-refractivity contribution in [1.29, 1.82) is 0 Å². The molecule has 0 bridgehead atoms. The van der Waals surface area contributed by atoms with Crippen LogP contribution in [-0.4, -0.2) is 17.5 Å². The Morgan fingerprint density at radius 1 is 1.19 bits per heavy atom. The van der Waals surface area contributed by atoms with E-state index in [1.165, 1.54) is 13.8 Å². The summed E-state index contributed by atoms with van der Waals surface area (Å²) >= 11 is 0. The maximum Gasteiger partial charge on any atom is 0.332 e. The fourth-order valence-corrected chi connectivity index (χ4v) is 1.25. The van der Waals surface area contributed by atoms with Gasteiger partial charge in [-0.25, -0.2) is 4.79 Å². The Labute approximate surface area is 93.9 Å². The molecule has 0 N–H and O–H groups in total. The van der Waals surface area contributed by atoms with Crippen molar-refractivity contribution in [3.8, 4) is 0 Å². The number of hydrogen-bond acceptors (Lipinski definition) is 4. The maximum absolute atomic E-state index is 11.4. The lowest BCUT2D eigenvalue weighted by Crippen LogP contribution is -2.14. The molecular formula is C12H13NO3. The van der Waals surface area contributed by atoms with Gasteiger partial charge >= 0.3 is 5.97 Å². The fraction of sp³-hybridized carbons (Fsp3) is 0.250. The quantitative estimate of drug-likeness (QED) is 0.443. The van der Waals surface area contributed by atoms with Crippen LogP contribution in [0.5, 0.6) is 0 Å². The van der Waals surface area contributed by atoms with Crippen LogP contribution < -0.4 is 0 Å². The van der Waals surface area contributed by atoms with Crippen molar-refractivity contribution in [3.05, 3.63) is 35.4 Å². The first kappa shape index (κ1) is 12.1. The van der Waals surface area contributed by atoms with Crippen LogP contribution in [0.2, 0.25) is 0 Å². The summed E-state index contributed by atoms with van der Waals surface area (Å²) in [5, 5.41) is 3.57. The zero-order valence-electron chi connectivity index (χ0n) is 9.48. The predicted molar refractivity (Wildman–Crippen MR) is 60.2 cm³/mol. The van der Waals surface area contributed by atoms with E-state index in [4.69, 9.17) is 0 Å². The van der Waals surface area contributed by atoms with Gasteiger partial charge in [-0.3, -0.25) is 4.79 Å². The minimum absolute atomic E-state index is 0.160. The zero-order chi connectivity index (χ0) is 12.1. The zero-order valence-corrected chi connectivity index (χ0v) is 9.48. The molecule has 0 atom stereocenters. The van der Waals surface area contributed by atoms with Gasteiger partial charge in [0, 0.05) is 19.4 Å². The standard InChI is InChI=1S/C12H13NO3/c1-8-6-4-5-7-11(8)12(9(2)14)13-16-10(3)15/h4-7H,1-3H3/b13-12-. The van der Waals surface area contributed by atoms with Gasteiger partial charge in [0.1, 0.15) is 0 Å². The average molecular weight is 219 g/mol. The first-order chi connectivity index (χ1) is 7.52. The molecule has 1 rings (SSSR count). The molecule has 1 aromatic carbocycles. The molecule has 0 heterocycles. The molecule has 0 aliphatic heterocycles. The van der Waals surface area contributed by atoms with Crippen LogP contribution in [0.4, 0.5) is 0 Å². The molecular weight excluding hydrogens is 206 g/mol. The molecule has 0 saturated carbocycles. The molecule has 1 aromatic rings. The molecule has 0 fully saturated rings. The highest BCUT2D eigenvalue weighted by Crippen LogP contribution is 2.09.